The molecule has 0 saturated heterocycles. The quantitative estimate of drug-likeness (QED) is 0.523. The fraction of sp³-hybridized carbons (Fsp3) is 0.130. The standard InChI is InChI=1S/C23H22O/c1-3-22(18-10-6-4-7-11-18)23(19-12-8-5-9-13-19)20-14-16-21(24-2)17-15-20/h3-17,22-23H,1H2,2H3. The number of ether oxygens (including phenoxy) is 1. The van der Waals surface area contributed by atoms with E-state index < -0.39 is 0 Å². The predicted molar refractivity (Wildman–Crippen MR) is 101 cm³/mol. The highest BCUT2D eigenvalue weighted by Crippen LogP contribution is 2.39. The van der Waals surface area contributed by atoms with Gasteiger partial charge in [0.15, 0.2) is 0 Å². The zero-order valence-electron chi connectivity index (χ0n) is 13.9. The minimum Gasteiger partial charge on any atom is -0.497 e. The summed E-state index contributed by atoms with van der Waals surface area (Å²) in [7, 11) is 1.69. The van der Waals surface area contributed by atoms with E-state index in [-0.39, 0.29) is 11.8 Å². The maximum absolute atomic E-state index is 5.31. The monoisotopic (exact) mass is 314 g/mol. The van der Waals surface area contributed by atoms with Gasteiger partial charge in [-0.3, -0.25) is 0 Å². The molecule has 0 aliphatic rings. The summed E-state index contributed by atoms with van der Waals surface area (Å²) in [5.74, 6) is 1.31. The van der Waals surface area contributed by atoms with Crippen LogP contribution in [0.25, 0.3) is 0 Å². The lowest BCUT2D eigenvalue weighted by atomic mass is 9.77. The first-order valence-electron chi connectivity index (χ1n) is 8.20. The van der Waals surface area contributed by atoms with Crippen molar-refractivity contribution in [3.63, 3.8) is 0 Å². The molecule has 0 bridgehead atoms. The van der Waals surface area contributed by atoms with Gasteiger partial charge < -0.3 is 4.74 Å². The Morgan fingerprint density at radius 2 is 1.21 bits per heavy atom. The van der Waals surface area contributed by atoms with Gasteiger partial charge in [0.2, 0.25) is 0 Å². The molecule has 2 atom stereocenters. The number of allylic oxidation sites excluding steroid dienone is 1. The third-order valence-corrected chi connectivity index (χ3v) is 4.43. The zero-order chi connectivity index (χ0) is 16.8. The van der Waals surface area contributed by atoms with Gasteiger partial charge in [-0.05, 0) is 28.8 Å². The van der Waals surface area contributed by atoms with E-state index in [1.807, 2.05) is 12.1 Å². The normalized spacial score (nSPS) is 13.0. The average molecular weight is 314 g/mol. The molecule has 24 heavy (non-hydrogen) atoms. The van der Waals surface area contributed by atoms with E-state index in [9.17, 15) is 0 Å². The molecule has 1 heteroatoms. The van der Waals surface area contributed by atoms with Crippen molar-refractivity contribution in [2.75, 3.05) is 7.11 Å². The highest BCUT2D eigenvalue weighted by molar-refractivity contribution is 5.42. The molecule has 3 aromatic rings. The Bertz CT molecular complexity index is 760. The minimum atomic E-state index is 0.210. The molecule has 1 nitrogen and oxygen atoms in total. The minimum absolute atomic E-state index is 0.210. The molecule has 2 unspecified atom stereocenters. The number of hydrogen-bond donors (Lipinski definition) is 0. The van der Waals surface area contributed by atoms with E-state index in [0.29, 0.717) is 0 Å². The number of rotatable bonds is 6. The van der Waals surface area contributed by atoms with Crippen LogP contribution in [0.3, 0.4) is 0 Å². The van der Waals surface area contributed by atoms with Gasteiger partial charge in [0.1, 0.15) is 5.75 Å². The van der Waals surface area contributed by atoms with Crippen LogP contribution in [0, 0.1) is 0 Å². The summed E-state index contributed by atoms with van der Waals surface area (Å²) >= 11 is 0. The SMILES string of the molecule is C=CC(c1ccccc1)C(c1ccccc1)c1ccc(OC)cc1. The molecule has 3 rings (SSSR count). The van der Waals surface area contributed by atoms with E-state index in [1.54, 1.807) is 7.11 Å². The Morgan fingerprint density at radius 1 is 0.708 bits per heavy atom. The number of benzene rings is 3. The molecule has 0 heterocycles. The summed E-state index contributed by atoms with van der Waals surface area (Å²) in [6.07, 6.45) is 2.05. The van der Waals surface area contributed by atoms with E-state index in [4.69, 9.17) is 4.74 Å². The lowest BCUT2D eigenvalue weighted by Crippen LogP contribution is -2.11. The molecule has 0 spiro atoms. The second-order valence-electron chi connectivity index (χ2n) is 5.83. The van der Waals surface area contributed by atoms with Crippen LogP contribution in [0.2, 0.25) is 0 Å². The average Bonchev–Trinajstić information content (AvgIpc) is 2.67. The van der Waals surface area contributed by atoms with Gasteiger partial charge in [-0.2, -0.15) is 0 Å². The van der Waals surface area contributed by atoms with Crippen molar-refractivity contribution in [1.82, 2.24) is 0 Å². The maximum Gasteiger partial charge on any atom is 0.118 e. The lowest BCUT2D eigenvalue weighted by Gasteiger charge is -2.26. The van der Waals surface area contributed by atoms with E-state index in [2.05, 4.69) is 85.5 Å². The molecule has 0 aliphatic carbocycles. The molecule has 0 radical (unpaired) electrons. The molecule has 120 valence electrons. The fourth-order valence-electron chi connectivity index (χ4n) is 3.22. The molecule has 0 saturated carbocycles. The topological polar surface area (TPSA) is 9.23 Å². The molecular formula is C23H22O. The smallest absolute Gasteiger partial charge is 0.118 e. The maximum atomic E-state index is 5.31. The van der Waals surface area contributed by atoms with Crippen molar-refractivity contribution >= 4 is 0 Å². The van der Waals surface area contributed by atoms with Crippen LogP contribution < -0.4 is 4.74 Å². The summed E-state index contributed by atoms with van der Waals surface area (Å²) in [6, 6.07) is 29.5. The summed E-state index contributed by atoms with van der Waals surface area (Å²) in [4.78, 5) is 0. The van der Waals surface area contributed by atoms with Crippen LogP contribution in [-0.2, 0) is 0 Å². The van der Waals surface area contributed by atoms with E-state index >= 15 is 0 Å². The molecule has 0 N–H and O–H groups in total. The summed E-state index contributed by atoms with van der Waals surface area (Å²) in [5, 5.41) is 0. The Kier molecular flexibility index (Phi) is 5.12. The van der Waals surface area contributed by atoms with E-state index in [1.165, 1.54) is 16.7 Å². The molecule has 0 amide bonds. The fourth-order valence-corrected chi connectivity index (χ4v) is 3.22. The predicted octanol–water partition coefficient (Wildman–Crippen LogP) is 5.80. The van der Waals surface area contributed by atoms with Crippen molar-refractivity contribution < 1.29 is 4.74 Å². The lowest BCUT2D eigenvalue weighted by molar-refractivity contribution is 0.414. The molecule has 3 aromatic carbocycles. The number of methoxy groups -OCH3 is 1. The first-order valence-corrected chi connectivity index (χ1v) is 8.20. The number of hydrogen-bond acceptors (Lipinski definition) is 1. The first kappa shape index (κ1) is 16.1. The zero-order valence-corrected chi connectivity index (χ0v) is 13.9. The van der Waals surface area contributed by atoms with Gasteiger partial charge in [0.05, 0.1) is 7.11 Å². The Balaban J connectivity index is 2.09. The van der Waals surface area contributed by atoms with Gasteiger partial charge in [-0.15, -0.1) is 6.58 Å². The van der Waals surface area contributed by atoms with Gasteiger partial charge in [0, 0.05) is 11.8 Å². The van der Waals surface area contributed by atoms with Gasteiger partial charge in [-0.25, -0.2) is 0 Å². The second-order valence-corrected chi connectivity index (χ2v) is 5.83. The summed E-state index contributed by atoms with van der Waals surface area (Å²) < 4.78 is 5.31. The third kappa shape index (κ3) is 3.41. The van der Waals surface area contributed by atoms with Gasteiger partial charge >= 0.3 is 0 Å². The molecule has 0 fully saturated rings. The highest BCUT2D eigenvalue weighted by Gasteiger charge is 2.24. The summed E-state index contributed by atoms with van der Waals surface area (Å²) in [5.41, 5.74) is 3.82. The van der Waals surface area contributed by atoms with Crippen molar-refractivity contribution in [2.24, 2.45) is 0 Å². The van der Waals surface area contributed by atoms with Crippen LogP contribution in [-0.4, -0.2) is 7.11 Å². The second kappa shape index (κ2) is 7.65. The molecule has 0 aromatic heterocycles. The van der Waals surface area contributed by atoms with Gasteiger partial charge in [-0.1, -0.05) is 78.9 Å². The van der Waals surface area contributed by atoms with Crippen molar-refractivity contribution in [2.45, 2.75) is 11.8 Å². The highest BCUT2D eigenvalue weighted by atomic mass is 16.5. The van der Waals surface area contributed by atoms with Crippen LogP contribution >= 0.6 is 0 Å². The van der Waals surface area contributed by atoms with Crippen LogP contribution in [0.15, 0.2) is 97.6 Å². The third-order valence-electron chi connectivity index (χ3n) is 4.43. The van der Waals surface area contributed by atoms with Crippen molar-refractivity contribution in [3.8, 4) is 5.75 Å². The van der Waals surface area contributed by atoms with Crippen LogP contribution in [0.1, 0.15) is 28.5 Å². The van der Waals surface area contributed by atoms with E-state index in [0.717, 1.165) is 5.75 Å². The largest absolute Gasteiger partial charge is 0.497 e. The van der Waals surface area contributed by atoms with Crippen LogP contribution in [0.5, 0.6) is 5.75 Å². The van der Waals surface area contributed by atoms with Crippen LogP contribution in [0.4, 0.5) is 0 Å². The summed E-state index contributed by atoms with van der Waals surface area (Å²) in [6.45, 7) is 4.12. The Hall–Kier alpha value is -2.80. The molecule has 0 aliphatic heterocycles. The molecular weight excluding hydrogens is 292 g/mol. The van der Waals surface area contributed by atoms with Gasteiger partial charge in [0.25, 0.3) is 0 Å². The Labute approximate surface area is 144 Å². The van der Waals surface area contributed by atoms with Crippen molar-refractivity contribution in [3.05, 3.63) is 114 Å². The van der Waals surface area contributed by atoms with Crippen molar-refractivity contribution in [1.29, 1.82) is 0 Å². The Morgan fingerprint density at radius 3 is 1.71 bits per heavy atom. The first-order chi connectivity index (χ1) is 11.8.